The molecule has 2 heterocycles. The molecule has 0 aliphatic carbocycles. The highest BCUT2D eigenvalue weighted by Gasteiger charge is 2.24. The molecule has 1 N–H and O–H groups in total. The molecule has 0 saturated carbocycles. The van der Waals surface area contributed by atoms with Crippen molar-refractivity contribution < 1.29 is 14.3 Å². The molecule has 1 aromatic heterocycles. The van der Waals surface area contributed by atoms with Gasteiger partial charge in [-0.25, -0.2) is 4.98 Å². The molecule has 2 amide bonds. The first-order valence-electron chi connectivity index (χ1n) is 9.42. The monoisotopic (exact) mass is 362 g/mol. The second kappa shape index (κ2) is 10.2. The van der Waals surface area contributed by atoms with Crippen LogP contribution in [0.5, 0.6) is 0 Å². The molecular weight excluding hydrogens is 332 g/mol. The van der Waals surface area contributed by atoms with Crippen molar-refractivity contribution in [2.24, 2.45) is 5.92 Å². The average Bonchev–Trinajstić information content (AvgIpc) is 3.11. The van der Waals surface area contributed by atoms with Crippen LogP contribution in [0.25, 0.3) is 0 Å². The summed E-state index contributed by atoms with van der Waals surface area (Å²) in [5.74, 6) is 0.307. The van der Waals surface area contributed by atoms with Crippen molar-refractivity contribution in [3.63, 3.8) is 0 Å². The average molecular weight is 362 g/mol. The van der Waals surface area contributed by atoms with E-state index in [4.69, 9.17) is 4.74 Å². The third-order valence-electron chi connectivity index (χ3n) is 4.39. The van der Waals surface area contributed by atoms with E-state index in [2.05, 4.69) is 29.1 Å². The molecule has 1 aliphatic heterocycles. The third-order valence-corrected chi connectivity index (χ3v) is 4.39. The molecule has 26 heavy (non-hydrogen) atoms. The van der Waals surface area contributed by atoms with Gasteiger partial charge in [-0.2, -0.15) is 0 Å². The van der Waals surface area contributed by atoms with Gasteiger partial charge in [0.1, 0.15) is 5.69 Å². The summed E-state index contributed by atoms with van der Waals surface area (Å²) in [7, 11) is 0. The van der Waals surface area contributed by atoms with Crippen molar-refractivity contribution in [3.05, 3.63) is 23.8 Å². The highest BCUT2D eigenvalue weighted by Crippen LogP contribution is 2.15. The summed E-state index contributed by atoms with van der Waals surface area (Å²) < 4.78 is 5.66. The fourth-order valence-electron chi connectivity index (χ4n) is 2.80. The van der Waals surface area contributed by atoms with Gasteiger partial charge in [-0.05, 0) is 32.1 Å². The van der Waals surface area contributed by atoms with Gasteiger partial charge in [-0.1, -0.05) is 13.8 Å². The van der Waals surface area contributed by atoms with Crippen LogP contribution in [0, 0.1) is 12.8 Å². The number of carbonyl (C=O) groups is 2. The van der Waals surface area contributed by atoms with Crippen molar-refractivity contribution >= 4 is 11.8 Å². The molecule has 7 heteroatoms. The number of aromatic nitrogens is 2. The fourth-order valence-corrected chi connectivity index (χ4v) is 2.80. The van der Waals surface area contributed by atoms with E-state index in [1.54, 1.807) is 11.1 Å². The van der Waals surface area contributed by atoms with E-state index in [1.807, 2.05) is 6.92 Å². The number of amides is 2. The summed E-state index contributed by atoms with van der Waals surface area (Å²) in [4.78, 5) is 34.8. The zero-order chi connectivity index (χ0) is 18.9. The van der Waals surface area contributed by atoms with E-state index >= 15 is 0 Å². The Labute approximate surface area is 155 Å². The van der Waals surface area contributed by atoms with Crippen molar-refractivity contribution in [1.82, 2.24) is 20.2 Å². The Morgan fingerprint density at radius 3 is 2.77 bits per heavy atom. The van der Waals surface area contributed by atoms with Gasteiger partial charge in [0.15, 0.2) is 0 Å². The zero-order valence-corrected chi connectivity index (χ0v) is 16.0. The predicted octanol–water partition coefficient (Wildman–Crippen LogP) is 1.96. The number of rotatable bonds is 9. The van der Waals surface area contributed by atoms with Crippen LogP contribution in [0.4, 0.5) is 0 Å². The minimum Gasteiger partial charge on any atom is -0.376 e. The molecule has 1 aliphatic rings. The third kappa shape index (κ3) is 6.71. The van der Waals surface area contributed by atoms with E-state index in [-0.39, 0.29) is 24.3 Å². The Hall–Kier alpha value is -2.02. The molecular formula is C19H30N4O3. The second-order valence-corrected chi connectivity index (χ2v) is 7.21. The molecule has 0 aromatic carbocycles. The number of hydrogen-bond acceptors (Lipinski definition) is 5. The largest absolute Gasteiger partial charge is 0.376 e. The van der Waals surface area contributed by atoms with Gasteiger partial charge in [0.25, 0.3) is 5.91 Å². The van der Waals surface area contributed by atoms with Gasteiger partial charge in [0.05, 0.1) is 18.0 Å². The summed E-state index contributed by atoms with van der Waals surface area (Å²) in [6.07, 6.45) is 6.26. The summed E-state index contributed by atoms with van der Waals surface area (Å²) in [6, 6.07) is 0. The molecule has 1 fully saturated rings. The Kier molecular flexibility index (Phi) is 7.97. The molecule has 1 atom stereocenters. The number of carbonyl (C=O) groups excluding carboxylic acids is 2. The Morgan fingerprint density at radius 1 is 1.35 bits per heavy atom. The number of hydrogen-bond donors (Lipinski definition) is 1. The van der Waals surface area contributed by atoms with Crippen LogP contribution in [-0.2, 0) is 9.53 Å². The summed E-state index contributed by atoms with van der Waals surface area (Å²) in [5, 5.41) is 2.91. The predicted molar refractivity (Wildman–Crippen MR) is 98.7 cm³/mol. The van der Waals surface area contributed by atoms with E-state index < -0.39 is 0 Å². The Balaban J connectivity index is 1.93. The maximum absolute atomic E-state index is 12.8. The number of ether oxygens (including phenoxy) is 1. The highest BCUT2D eigenvalue weighted by atomic mass is 16.5. The number of nitrogens with zero attached hydrogens (tertiary/aromatic N) is 3. The minimum absolute atomic E-state index is 0.0290. The molecule has 0 radical (unpaired) electrons. The van der Waals surface area contributed by atoms with Gasteiger partial charge in [0.2, 0.25) is 5.91 Å². The Bertz CT molecular complexity index is 583. The van der Waals surface area contributed by atoms with Crippen LogP contribution in [-0.4, -0.2) is 59.0 Å². The summed E-state index contributed by atoms with van der Waals surface area (Å²) in [5.41, 5.74) is 1.06. The standard InChI is InChI=1S/C19H30N4O3/c1-14(2)6-8-20-18(24)7-9-23(13-16-5-4-10-26-16)19(25)17-12-21-15(3)11-22-17/h11-12,14,16H,4-10,13H2,1-3H3,(H,20,24)/t16-/m1/s1. The van der Waals surface area contributed by atoms with Crippen LogP contribution in [0.15, 0.2) is 12.4 Å². The fraction of sp³-hybridized carbons (Fsp3) is 0.684. The summed E-state index contributed by atoms with van der Waals surface area (Å²) in [6.45, 7) is 8.29. The quantitative estimate of drug-likeness (QED) is 0.726. The molecule has 1 aromatic rings. The van der Waals surface area contributed by atoms with Crippen LogP contribution in [0.1, 0.15) is 55.7 Å². The normalized spacial score (nSPS) is 16.7. The van der Waals surface area contributed by atoms with Gasteiger partial charge >= 0.3 is 0 Å². The van der Waals surface area contributed by atoms with Crippen molar-refractivity contribution in [3.8, 4) is 0 Å². The van der Waals surface area contributed by atoms with E-state index in [0.717, 1.165) is 31.6 Å². The van der Waals surface area contributed by atoms with Gasteiger partial charge in [-0.15, -0.1) is 0 Å². The molecule has 7 nitrogen and oxygen atoms in total. The SMILES string of the molecule is Cc1cnc(C(=O)N(CCC(=O)NCCC(C)C)C[C@H]2CCCO2)cn1. The first-order chi connectivity index (χ1) is 12.5. The van der Waals surface area contributed by atoms with E-state index in [0.29, 0.717) is 31.2 Å². The van der Waals surface area contributed by atoms with E-state index in [1.165, 1.54) is 6.20 Å². The molecule has 0 unspecified atom stereocenters. The topological polar surface area (TPSA) is 84.4 Å². The lowest BCUT2D eigenvalue weighted by Gasteiger charge is -2.25. The number of aryl methyl sites for hydroxylation is 1. The first kappa shape index (κ1) is 20.3. The van der Waals surface area contributed by atoms with Gasteiger partial charge in [0, 0.05) is 38.9 Å². The lowest BCUT2D eigenvalue weighted by Crippen LogP contribution is -2.40. The lowest BCUT2D eigenvalue weighted by atomic mass is 10.1. The zero-order valence-electron chi connectivity index (χ0n) is 16.0. The van der Waals surface area contributed by atoms with Crippen molar-refractivity contribution in [2.45, 2.75) is 52.6 Å². The highest BCUT2D eigenvalue weighted by molar-refractivity contribution is 5.92. The van der Waals surface area contributed by atoms with Gasteiger partial charge in [-0.3, -0.25) is 14.6 Å². The van der Waals surface area contributed by atoms with Crippen LogP contribution in [0.3, 0.4) is 0 Å². The molecule has 0 bridgehead atoms. The molecule has 1 saturated heterocycles. The smallest absolute Gasteiger partial charge is 0.274 e. The lowest BCUT2D eigenvalue weighted by molar-refractivity contribution is -0.121. The van der Waals surface area contributed by atoms with Crippen molar-refractivity contribution in [1.29, 1.82) is 0 Å². The number of nitrogens with one attached hydrogen (secondary N) is 1. The first-order valence-corrected chi connectivity index (χ1v) is 9.42. The maximum Gasteiger partial charge on any atom is 0.274 e. The maximum atomic E-state index is 12.8. The molecule has 144 valence electrons. The van der Waals surface area contributed by atoms with Crippen LogP contribution < -0.4 is 5.32 Å². The van der Waals surface area contributed by atoms with Crippen molar-refractivity contribution in [2.75, 3.05) is 26.2 Å². The minimum atomic E-state index is -0.206. The Morgan fingerprint density at radius 2 is 2.15 bits per heavy atom. The van der Waals surface area contributed by atoms with E-state index in [9.17, 15) is 9.59 Å². The molecule has 0 spiro atoms. The van der Waals surface area contributed by atoms with Crippen LogP contribution >= 0.6 is 0 Å². The summed E-state index contributed by atoms with van der Waals surface area (Å²) >= 11 is 0. The van der Waals surface area contributed by atoms with Crippen LogP contribution in [0.2, 0.25) is 0 Å². The molecule has 2 rings (SSSR count). The second-order valence-electron chi connectivity index (χ2n) is 7.21. The van der Waals surface area contributed by atoms with Gasteiger partial charge < -0.3 is 15.0 Å².